The van der Waals surface area contributed by atoms with Crippen molar-refractivity contribution in [2.24, 2.45) is 0 Å². The van der Waals surface area contributed by atoms with E-state index < -0.39 is 14.1 Å². The molecule has 2 aliphatic rings. The van der Waals surface area contributed by atoms with E-state index in [-0.39, 0.29) is 48.0 Å². The summed E-state index contributed by atoms with van der Waals surface area (Å²) in [7, 11) is -2.64. The molecule has 0 amide bonds. The van der Waals surface area contributed by atoms with Gasteiger partial charge in [-0.05, 0) is 0 Å². The number of hydrogen-bond donors (Lipinski definition) is 0. The Morgan fingerprint density at radius 1 is 0.970 bits per heavy atom. The molecule has 33 heavy (non-hydrogen) atoms. The van der Waals surface area contributed by atoms with E-state index in [1.165, 1.54) is 17.3 Å². The van der Waals surface area contributed by atoms with Crippen LogP contribution in [0.25, 0.3) is 0 Å². The zero-order chi connectivity index (χ0) is 23.9. The van der Waals surface area contributed by atoms with Crippen LogP contribution in [0, 0.1) is 0 Å². The Kier molecular flexibility index (Phi) is 6.94. The van der Waals surface area contributed by atoms with E-state index in [0.717, 1.165) is 0 Å². The summed E-state index contributed by atoms with van der Waals surface area (Å²) >= 11 is -0.0110. The maximum atomic E-state index is 11.7. The number of carbonyl (C=O) groups is 1. The van der Waals surface area contributed by atoms with Crippen molar-refractivity contribution in [1.29, 1.82) is 0 Å². The minimum absolute atomic E-state index is 0.0110. The topological polar surface area (TPSA) is 54.0 Å². The second kappa shape index (κ2) is 9.29. The van der Waals surface area contributed by atoms with Crippen LogP contribution in [0.3, 0.4) is 0 Å². The quantitative estimate of drug-likeness (QED) is 0.421. The molecule has 4 rings (SSSR count). The van der Waals surface area contributed by atoms with Gasteiger partial charge in [-0.2, -0.15) is 0 Å². The van der Waals surface area contributed by atoms with Crippen LogP contribution in [0.15, 0.2) is 60.7 Å². The molecule has 2 fully saturated rings. The molecule has 7 heteroatoms. The number of fused-ring (bicyclic) bond motifs is 1. The van der Waals surface area contributed by atoms with Crippen molar-refractivity contribution in [2.75, 3.05) is 6.61 Å². The zero-order valence-electron chi connectivity index (χ0n) is 20.2. The number of rotatable bonds is 6. The first-order chi connectivity index (χ1) is 15.5. The van der Waals surface area contributed by atoms with E-state index in [1.807, 2.05) is 13.8 Å². The summed E-state index contributed by atoms with van der Waals surface area (Å²) in [6, 6.07) is 21.3. The van der Waals surface area contributed by atoms with E-state index in [4.69, 9.17) is 18.6 Å². The monoisotopic (exact) mass is 534 g/mol. The molecule has 0 unspecified atom stereocenters. The molecule has 178 valence electrons. The first-order valence-electron chi connectivity index (χ1n) is 11.5. The summed E-state index contributed by atoms with van der Waals surface area (Å²) in [6.07, 6.45) is -0.376. The normalized spacial score (nSPS) is 26.7. The minimum atomic E-state index is -2.64. The third kappa shape index (κ3) is 4.86. The van der Waals surface area contributed by atoms with E-state index >= 15 is 0 Å². The van der Waals surface area contributed by atoms with Crippen LogP contribution < -0.4 is 10.4 Å². The van der Waals surface area contributed by atoms with Gasteiger partial charge in [0.25, 0.3) is 0 Å². The summed E-state index contributed by atoms with van der Waals surface area (Å²) in [5.41, 5.74) is 0. The Balaban J connectivity index is 1.68. The maximum absolute atomic E-state index is 11.7. The number of ether oxygens (including phenoxy) is 3. The van der Waals surface area contributed by atoms with Gasteiger partial charge in [-0.1, -0.05) is 0 Å². The molecular formula is C26H34O5SeSi. The molecule has 2 aliphatic heterocycles. The van der Waals surface area contributed by atoms with E-state index in [0.29, 0.717) is 6.61 Å². The molecule has 0 bridgehead atoms. The predicted octanol–water partition coefficient (Wildman–Crippen LogP) is 3.48. The standard InChI is InChI=1S/C26H34O5SeSi/c1-18(27)29-24-23-22(30-26(5,6)31-23)21(32-24)17-28-33(25(2,3)4,19-13-9-7-10-14-19)20-15-11-8-12-16-20/h7-16,21-24H,17H2,1-6H3/t21-,22+,23+,24-/m1/s1. The molecule has 2 aromatic carbocycles. The van der Waals surface area contributed by atoms with Gasteiger partial charge in [0, 0.05) is 0 Å². The van der Waals surface area contributed by atoms with Gasteiger partial charge in [0.2, 0.25) is 0 Å². The molecule has 0 saturated carbocycles. The fourth-order valence-electron chi connectivity index (χ4n) is 5.00. The van der Waals surface area contributed by atoms with Crippen molar-refractivity contribution < 1.29 is 23.4 Å². The van der Waals surface area contributed by atoms with Crippen molar-refractivity contribution in [1.82, 2.24) is 0 Å². The van der Waals surface area contributed by atoms with Crippen LogP contribution in [0.4, 0.5) is 0 Å². The average Bonchev–Trinajstić information content (AvgIpc) is 3.22. The Morgan fingerprint density at radius 3 is 1.97 bits per heavy atom. The van der Waals surface area contributed by atoms with Gasteiger partial charge in [0.1, 0.15) is 0 Å². The second-order valence-electron chi connectivity index (χ2n) is 10.2. The molecule has 4 atom stereocenters. The van der Waals surface area contributed by atoms with Gasteiger partial charge in [-0.25, -0.2) is 0 Å². The fourth-order valence-corrected chi connectivity index (χ4v) is 12.8. The van der Waals surface area contributed by atoms with Crippen LogP contribution >= 0.6 is 0 Å². The fraction of sp³-hybridized carbons (Fsp3) is 0.500. The molecule has 0 aromatic heterocycles. The van der Waals surface area contributed by atoms with Crippen molar-refractivity contribution in [3.63, 3.8) is 0 Å². The predicted molar refractivity (Wildman–Crippen MR) is 132 cm³/mol. The molecule has 0 spiro atoms. The van der Waals surface area contributed by atoms with Gasteiger partial charge in [-0.3, -0.25) is 0 Å². The van der Waals surface area contributed by atoms with Gasteiger partial charge >= 0.3 is 205 Å². The molecule has 2 aromatic rings. The number of carbonyl (C=O) groups excluding carboxylic acids is 1. The van der Waals surface area contributed by atoms with E-state index in [1.54, 1.807) is 0 Å². The number of esters is 1. The first kappa shape index (κ1) is 24.6. The molecule has 2 saturated heterocycles. The average molecular weight is 534 g/mol. The second-order valence-corrected chi connectivity index (χ2v) is 17.3. The number of hydrogen-bond acceptors (Lipinski definition) is 5. The SMILES string of the molecule is CC(=O)O[C@@H]1[Se][C@H](CO[Si](c2ccccc2)(c2ccccc2)C(C)(C)C)[C@@H]2OC(C)(C)O[C@@H]21. The molecule has 0 aliphatic carbocycles. The van der Waals surface area contributed by atoms with Crippen LogP contribution in [-0.4, -0.2) is 58.8 Å². The third-order valence-corrected chi connectivity index (χ3v) is 14.2. The summed E-state index contributed by atoms with van der Waals surface area (Å²) in [5, 5.41) is 2.16. The summed E-state index contributed by atoms with van der Waals surface area (Å²) in [5.74, 6) is -0.970. The Morgan fingerprint density at radius 2 is 1.48 bits per heavy atom. The van der Waals surface area contributed by atoms with Crippen molar-refractivity contribution >= 4 is 39.6 Å². The zero-order valence-corrected chi connectivity index (χ0v) is 23.0. The molecule has 0 N–H and O–H groups in total. The Bertz CT molecular complexity index is 920. The molecule has 2 heterocycles. The van der Waals surface area contributed by atoms with Gasteiger partial charge < -0.3 is 0 Å². The summed E-state index contributed by atoms with van der Waals surface area (Å²) < 4.78 is 25.3. The van der Waals surface area contributed by atoms with Gasteiger partial charge in [-0.15, -0.1) is 0 Å². The van der Waals surface area contributed by atoms with Crippen LogP contribution in [0.5, 0.6) is 0 Å². The Labute approximate surface area is 204 Å². The first-order valence-corrected chi connectivity index (χ1v) is 15.4. The van der Waals surface area contributed by atoms with Gasteiger partial charge in [0.15, 0.2) is 0 Å². The van der Waals surface area contributed by atoms with E-state index in [2.05, 4.69) is 81.4 Å². The van der Waals surface area contributed by atoms with E-state index in [9.17, 15) is 4.79 Å². The van der Waals surface area contributed by atoms with Crippen LogP contribution in [0.1, 0.15) is 41.5 Å². The molecular weight excluding hydrogens is 499 g/mol. The van der Waals surface area contributed by atoms with Crippen LogP contribution in [-0.2, 0) is 23.4 Å². The molecule has 5 nitrogen and oxygen atoms in total. The van der Waals surface area contributed by atoms with Crippen LogP contribution in [0.2, 0.25) is 9.85 Å². The summed E-state index contributed by atoms with van der Waals surface area (Å²) in [4.78, 5) is 11.9. The Hall–Kier alpha value is -1.47. The summed E-state index contributed by atoms with van der Waals surface area (Å²) in [6.45, 7) is 12.7. The van der Waals surface area contributed by atoms with Crippen molar-refractivity contribution in [3.8, 4) is 0 Å². The van der Waals surface area contributed by atoms with Crippen molar-refractivity contribution in [3.05, 3.63) is 60.7 Å². The van der Waals surface area contributed by atoms with Gasteiger partial charge in [0.05, 0.1) is 0 Å². The number of benzene rings is 2. The third-order valence-electron chi connectivity index (χ3n) is 6.27. The van der Waals surface area contributed by atoms with Crippen molar-refractivity contribution in [2.45, 2.75) is 74.4 Å². The molecule has 0 radical (unpaired) electrons.